The number of hydrogen-bond donors (Lipinski definition) is 1. The maximum absolute atomic E-state index is 10.7. The molecule has 66 valence electrons. The summed E-state index contributed by atoms with van der Waals surface area (Å²) in [5.74, 6) is -1.06. The van der Waals surface area contributed by atoms with Crippen LogP contribution >= 0.6 is 11.6 Å². The van der Waals surface area contributed by atoms with Crippen molar-refractivity contribution in [1.29, 1.82) is 0 Å². The number of furan rings is 1. The molecule has 0 aromatic carbocycles. The monoisotopic (exact) mass is 197 g/mol. The molecule has 5 heteroatoms. The van der Waals surface area contributed by atoms with Crippen molar-refractivity contribution in [2.75, 3.05) is 0 Å². The van der Waals surface area contributed by atoms with Gasteiger partial charge in [0.15, 0.2) is 10.8 Å². The SMILES string of the molecule is O=C(O)c1ccnc2cc(Cl)oc12. The van der Waals surface area contributed by atoms with Gasteiger partial charge in [0.05, 0.1) is 0 Å². The van der Waals surface area contributed by atoms with Gasteiger partial charge in [0, 0.05) is 12.3 Å². The van der Waals surface area contributed by atoms with E-state index < -0.39 is 5.97 Å². The molecule has 4 nitrogen and oxygen atoms in total. The van der Waals surface area contributed by atoms with Crippen LogP contribution in [0.3, 0.4) is 0 Å². The Kier molecular flexibility index (Phi) is 1.70. The summed E-state index contributed by atoms with van der Waals surface area (Å²) in [6.07, 6.45) is 1.40. The van der Waals surface area contributed by atoms with Crippen LogP contribution < -0.4 is 0 Å². The van der Waals surface area contributed by atoms with E-state index in [0.29, 0.717) is 5.52 Å². The predicted molar refractivity (Wildman–Crippen MR) is 46.0 cm³/mol. The van der Waals surface area contributed by atoms with Gasteiger partial charge < -0.3 is 9.52 Å². The molecule has 13 heavy (non-hydrogen) atoms. The predicted octanol–water partition coefficient (Wildman–Crippen LogP) is 2.18. The van der Waals surface area contributed by atoms with Crippen molar-refractivity contribution >= 4 is 28.7 Å². The third-order valence-corrected chi connectivity index (χ3v) is 1.80. The van der Waals surface area contributed by atoms with Gasteiger partial charge in [-0.3, -0.25) is 4.98 Å². The maximum atomic E-state index is 10.7. The first-order chi connectivity index (χ1) is 6.18. The Bertz CT molecular complexity index is 477. The average Bonchev–Trinajstić information content (AvgIpc) is 2.43. The van der Waals surface area contributed by atoms with Gasteiger partial charge in [0.1, 0.15) is 11.1 Å². The molecule has 0 saturated heterocycles. The van der Waals surface area contributed by atoms with E-state index in [9.17, 15) is 4.79 Å². The molecule has 2 aromatic heterocycles. The van der Waals surface area contributed by atoms with Crippen molar-refractivity contribution in [3.63, 3.8) is 0 Å². The van der Waals surface area contributed by atoms with Crippen LogP contribution in [0.2, 0.25) is 5.22 Å². The van der Waals surface area contributed by atoms with Gasteiger partial charge in [-0.25, -0.2) is 4.79 Å². The second-order valence-electron chi connectivity index (χ2n) is 2.43. The highest BCUT2D eigenvalue weighted by atomic mass is 35.5. The van der Waals surface area contributed by atoms with Crippen molar-refractivity contribution < 1.29 is 14.3 Å². The second kappa shape index (κ2) is 2.74. The summed E-state index contributed by atoms with van der Waals surface area (Å²) in [4.78, 5) is 14.6. The van der Waals surface area contributed by atoms with Crippen molar-refractivity contribution in [3.8, 4) is 0 Å². The number of pyridine rings is 1. The van der Waals surface area contributed by atoms with Crippen LogP contribution in [0.5, 0.6) is 0 Å². The number of fused-ring (bicyclic) bond motifs is 1. The summed E-state index contributed by atoms with van der Waals surface area (Å²) >= 11 is 5.56. The van der Waals surface area contributed by atoms with Crippen LogP contribution in [0, 0.1) is 0 Å². The lowest BCUT2D eigenvalue weighted by atomic mass is 10.2. The fraction of sp³-hybridized carbons (Fsp3) is 0. The van der Waals surface area contributed by atoms with E-state index in [0.717, 1.165) is 0 Å². The van der Waals surface area contributed by atoms with E-state index >= 15 is 0 Å². The Hall–Kier alpha value is -1.55. The smallest absolute Gasteiger partial charge is 0.339 e. The number of halogens is 1. The van der Waals surface area contributed by atoms with Gasteiger partial charge in [0.25, 0.3) is 0 Å². The highest BCUT2D eigenvalue weighted by molar-refractivity contribution is 6.29. The summed E-state index contributed by atoms with van der Waals surface area (Å²) in [7, 11) is 0. The number of rotatable bonds is 1. The van der Waals surface area contributed by atoms with Crippen LogP contribution in [0.4, 0.5) is 0 Å². The van der Waals surface area contributed by atoms with Gasteiger partial charge in [-0.1, -0.05) is 0 Å². The van der Waals surface area contributed by atoms with E-state index in [-0.39, 0.29) is 16.4 Å². The minimum Gasteiger partial charge on any atom is -0.478 e. The lowest BCUT2D eigenvalue weighted by molar-refractivity contribution is 0.0698. The zero-order valence-electron chi connectivity index (χ0n) is 6.32. The second-order valence-corrected chi connectivity index (χ2v) is 2.80. The van der Waals surface area contributed by atoms with Crippen LogP contribution in [0.1, 0.15) is 10.4 Å². The summed E-state index contributed by atoms with van der Waals surface area (Å²) in [5, 5.41) is 8.90. The number of aromatic carboxylic acids is 1. The molecular formula is C8H4ClNO3. The third kappa shape index (κ3) is 1.25. The largest absolute Gasteiger partial charge is 0.478 e. The Balaban J connectivity index is 2.82. The molecule has 0 amide bonds. The summed E-state index contributed by atoms with van der Waals surface area (Å²) in [5.41, 5.74) is 0.724. The lowest BCUT2D eigenvalue weighted by Crippen LogP contribution is -1.96. The molecule has 0 aliphatic heterocycles. The fourth-order valence-corrected chi connectivity index (χ4v) is 1.26. The van der Waals surface area contributed by atoms with Crippen LogP contribution in [-0.2, 0) is 0 Å². The van der Waals surface area contributed by atoms with Crippen molar-refractivity contribution in [3.05, 3.63) is 29.1 Å². The number of carbonyl (C=O) groups is 1. The van der Waals surface area contributed by atoms with Crippen molar-refractivity contribution in [2.45, 2.75) is 0 Å². The normalized spacial score (nSPS) is 10.5. The first-order valence-corrected chi connectivity index (χ1v) is 3.83. The Morgan fingerprint density at radius 3 is 3.08 bits per heavy atom. The Labute approximate surface area is 77.8 Å². The maximum Gasteiger partial charge on any atom is 0.339 e. The van der Waals surface area contributed by atoms with Crippen molar-refractivity contribution in [1.82, 2.24) is 4.98 Å². The molecule has 0 aliphatic carbocycles. The number of carboxylic acid groups (broad SMARTS) is 1. The first-order valence-electron chi connectivity index (χ1n) is 3.46. The minimum atomic E-state index is -1.06. The molecule has 2 rings (SSSR count). The molecule has 0 radical (unpaired) electrons. The van der Waals surface area contributed by atoms with Gasteiger partial charge in [-0.15, -0.1) is 0 Å². The van der Waals surface area contributed by atoms with Crippen LogP contribution in [-0.4, -0.2) is 16.1 Å². The van der Waals surface area contributed by atoms with E-state index in [1.165, 1.54) is 18.3 Å². The highest BCUT2D eigenvalue weighted by Crippen LogP contribution is 2.23. The third-order valence-electron chi connectivity index (χ3n) is 1.61. The quantitative estimate of drug-likeness (QED) is 0.761. The molecular weight excluding hydrogens is 194 g/mol. The molecule has 0 spiro atoms. The first kappa shape index (κ1) is 8.07. The molecule has 0 saturated carbocycles. The topological polar surface area (TPSA) is 63.3 Å². The standard InChI is InChI=1S/C8H4ClNO3/c9-6-3-5-7(13-6)4(8(11)12)1-2-10-5/h1-3H,(H,11,12). The summed E-state index contributed by atoms with van der Waals surface area (Å²) in [6, 6.07) is 2.84. The van der Waals surface area contributed by atoms with Gasteiger partial charge >= 0.3 is 5.97 Å². The van der Waals surface area contributed by atoms with Crippen LogP contribution in [0.15, 0.2) is 22.7 Å². The molecule has 0 fully saturated rings. The fourth-order valence-electron chi connectivity index (χ4n) is 1.08. The number of aromatic nitrogens is 1. The van der Waals surface area contributed by atoms with Gasteiger partial charge in [0.2, 0.25) is 0 Å². The average molecular weight is 198 g/mol. The summed E-state index contributed by atoms with van der Waals surface area (Å²) in [6.45, 7) is 0. The van der Waals surface area contributed by atoms with Gasteiger partial charge in [-0.2, -0.15) is 0 Å². The van der Waals surface area contributed by atoms with E-state index in [1.807, 2.05) is 0 Å². The molecule has 0 aliphatic rings. The molecule has 2 heterocycles. The van der Waals surface area contributed by atoms with Gasteiger partial charge in [-0.05, 0) is 17.7 Å². The Morgan fingerprint density at radius 1 is 1.62 bits per heavy atom. The van der Waals surface area contributed by atoms with E-state index in [4.69, 9.17) is 21.1 Å². The number of hydrogen-bond acceptors (Lipinski definition) is 3. The summed E-state index contributed by atoms with van der Waals surface area (Å²) < 4.78 is 4.98. The number of nitrogens with zero attached hydrogens (tertiary/aromatic N) is 1. The molecule has 0 atom stereocenters. The zero-order valence-corrected chi connectivity index (χ0v) is 7.08. The van der Waals surface area contributed by atoms with E-state index in [1.54, 1.807) is 0 Å². The highest BCUT2D eigenvalue weighted by Gasteiger charge is 2.12. The van der Waals surface area contributed by atoms with Crippen LogP contribution in [0.25, 0.3) is 11.1 Å². The molecule has 1 N–H and O–H groups in total. The lowest BCUT2D eigenvalue weighted by Gasteiger charge is -1.92. The zero-order chi connectivity index (χ0) is 9.42. The molecule has 2 aromatic rings. The Morgan fingerprint density at radius 2 is 2.38 bits per heavy atom. The molecule has 0 unspecified atom stereocenters. The van der Waals surface area contributed by atoms with Crippen molar-refractivity contribution in [2.24, 2.45) is 0 Å². The number of carboxylic acids is 1. The molecule has 0 bridgehead atoms. The minimum absolute atomic E-state index is 0.0666. The van der Waals surface area contributed by atoms with E-state index in [2.05, 4.69) is 4.98 Å².